The minimum absolute atomic E-state index is 0.711. The van der Waals surface area contributed by atoms with E-state index in [0.717, 1.165) is 30.4 Å². The lowest BCUT2D eigenvalue weighted by molar-refractivity contribution is 0.244. The highest BCUT2D eigenvalue weighted by atomic mass is 14.9. The van der Waals surface area contributed by atoms with Crippen LogP contribution in [0, 0.1) is 11.8 Å². The molecule has 1 aromatic carbocycles. The molecule has 0 spiro atoms. The first-order valence-corrected chi connectivity index (χ1v) is 7.80. The fraction of sp³-hybridized carbons (Fsp3) is 0.500. The van der Waals surface area contributed by atoms with Crippen LogP contribution in [0.5, 0.6) is 0 Å². The van der Waals surface area contributed by atoms with Gasteiger partial charge in [-0.2, -0.15) is 0 Å². The second-order valence-electron chi connectivity index (χ2n) is 6.41. The molecule has 0 amide bonds. The van der Waals surface area contributed by atoms with Crippen LogP contribution in [0.3, 0.4) is 0 Å². The molecule has 2 aromatic rings. The zero-order valence-electron chi connectivity index (χ0n) is 12.5. The standard InChI is InChI=1S/C18H24N2/c1-13(2)11-19-12-14-8-9-15(14)16-5-3-7-18-17(16)6-4-10-20-18/h3-7,10,13-15,19H,8-9,11-12H2,1-2H3. The third kappa shape index (κ3) is 2.71. The molecule has 1 aliphatic carbocycles. The summed E-state index contributed by atoms with van der Waals surface area (Å²) in [6, 6.07) is 10.8. The molecule has 3 rings (SSSR count). The van der Waals surface area contributed by atoms with E-state index in [1.165, 1.54) is 23.8 Å². The maximum atomic E-state index is 4.48. The summed E-state index contributed by atoms with van der Waals surface area (Å²) in [7, 11) is 0. The molecule has 2 atom stereocenters. The van der Waals surface area contributed by atoms with Gasteiger partial charge < -0.3 is 5.32 Å². The summed E-state index contributed by atoms with van der Waals surface area (Å²) in [6.07, 6.45) is 4.56. The SMILES string of the molecule is CC(C)CNCC1CCC1c1cccc2ncccc12. The summed E-state index contributed by atoms with van der Waals surface area (Å²) in [5, 5.41) is 4.96. The first kappa shape index (κ1) is 13.6. The van der Waals surface area contributed by atoms with Gasteiger partial charge >= 0.3 is 0 Å². The number of hydrogen-bond acceptors (Lipinski definition) is 2. The molecule has 0 radical (unpaired) electrons. The maximum absolute atomic E-state index is 4.48. The summed E-state index contributed by atoms with van der Waals surface area (Å²) in [5.41, 5.74) is 2.63. The Kier molecular flexibility index (Phi) is 4.02. The fourth-order valence-corrected chi connectivity index (χ4v) is 3.23. The van der Waals surface area contributed by atoms with E-state index in [0.29, 0.717) is 5.92 Å². The van der Waals surface area contributed by atoms with Crippen molar-refractivity contribution in [2.75, 3.05) is 13.1 Å². The second kappa shape index (κ2) is 5.92. The van der Waals surface area contributed by atoms with E-state index in [4.69, 9.17) is 0 Å². The predicted octanol–water partition coefficient (Wildman–Crippen LogP) is 3.97. The van der Waals surface area contributed by atoms with E-state index >= 15 is 0 Å². The van der Waals surface area contributed by atoms with Crippen LogP contribution in [-0.4, -0.2) is 18.1 Å². The van der Waals surface area contributed by atoms with E-state index in [2.05, 4.69) is 54.5 Å². The molecule has 0 saturated heterocycles. The third-order valence-corrected chi connectivity index (χ3v) is 4.46. The Morgan fingerprint density at radius 3 is 2.85 bits per heavy atom. The highest BCUT2D eigenvalue weighted by molar-refractivity contribution is 5.82. The number of fused-ring (bicyclic) bond motifs is 1. The van der Waals surface area contributed by atoms with Crippen molar-refractivity contribution in [1.29, 1.82) is 0 Å². The fourth-order valence-electron chi connectivity index (χ4n) is 3.23. The van der Waals surface area contributed by atoms with Crippen LogP contribution in [0.2, 0.25) is 0 Å². The van der Waals surface area contributed by atoms with Crippen molar-refractivity contribution in [1.82, 2.24) is 10.3 Å². The van der Waals surface area contributed by atoms with Gasteiger partial charge in [-0.3, -0.25) is 4.98 Å². The molecule has 1 N–H and O–H groups in total. The lowest BCUT2D eigenvalue weighted by atomic mass is 9.69. The highest BCUT2D eigenvalue weighted by Crippen LogP contribution is 2.44. The van der Waals surface area contributed by atoms with Crippen molar-refractivity contribution in [3.05, 3.63) is 42.1 Å². The molecule has 0 bridgehead atoms. The van der Waals surface area contributed by atoms with E-state index in [-0.39, 0.29) is 0 Å². The van der Waals surface area contributed by atoms with Gasteiger partial charge in [0, 0.05) is 11.6 Å². The molecule has 1 aromatic heterocycles. The monoisotopic (exact) mass is 268 g/mol. The Hall–Kier alpha value is -1.41. The van der Waals surface area contributed by atoms with Crippen LogP contribution in [0.15, 0.2) is 36.5 Å². The number of pyridine rings is 1. The van der Waals surface area contributed by atoms with Gasteiger partial charge in [0.1, 0.15) is 0 Å². The first-order chi connectivity index (χ1) is 9.75. The van der Waals surface area contributed by atoms with Gasteiger partial charge in [0.2, 0.25) is 0 Å². The summed E-state index contributed by atoms with van der Waals surface area (Å²) < 4.78 is 0. The van der Waals surface area contributed by atoms with Gasteiger partial charge in [0.05, 0.1) is 5.52 Å². The lowest BCUT2D eigenvalue weighted by Gasteiger charge is -2.38. The van der Waals surface area contributed by atoms with Crippen LogP contribution in [0.25, 0.3) is 10.9 Å². The van der Waals surface area contributed by atoms with Crippen molar-refractivity contribution < 1.29 is 0 Å². The number of aromatic nitrogens is 1. The molecule has 0 aliphatic heterocycles. The lowest BCUT2D eigenvalue weighted by Crippen LogP contribution is -2.35. The number of benzene rings is 1. The normalized spacial score (nSPS) is 22.1. The minimum Gasteiger partial charge on any atom is -0.316 e. The Labute approximate surface area is 121 Å². The van der Waals surface area contributed by atoms with Gasteiger partial charge in [0.15, 0.2) is 0 Å². The summed E-state index contributed by atoms with van der Waals surface area (Å²) in [4.78, 5) is 4.48. The molecule has 1 saturated carbocycles. The van der Waals surface area contributed by atoms with Crippen LogP contribution < -0.4 is 5.32 Å². The van der Waals surface area contributed by atoms with Crippen LogP contribution >= 0.6 is 0 Å². The zero-order valence-corrected chi connectivity index (χ0v) is 12.5. The second-order valence-corrected chi connectivity index (χ2v) is 6.41. The van der Waals surface area contributed by atoms with E-state index < -0.39 is 0 Å². The van der Waals surface area contributed by atoms with Crippen molar-refractivity contribution >= 4 is 10.9 Å². The maximum Gasteiger partial charge on any atom is 0.0704 e. The van der Waals surface area contributed by atoms with Gasteiger partial charge in [0.25, 0.3) is 0 Å². The summed E-state index contributed by atoms with van der Waals surface area (Å²) in [6.45, 7) is 6.81. The molecule has 1 heterocycles. The smallest absolute Gasteiger partial charge is 0.0704 e. The predicted molar refractivity (Wildman–Crippen MR) is 84.9 cm³/mol. The zero-order chi connectivity index (χ0) is 13.9. The number of rotatable bonds is 5. The summed E-state index contributed by atoms with van der Waals surface area (Å²) in [5.74, 6) is 2.23. The molecule has 2 nitrogen and oxygen atoms in total. The largest absolute Gasteiger partial charge is 0.316 e. The Morgan fingerprint density at radius 2 is 2.10 bits per heavy atom. The average molecular weight is 268 g/mol. The van der Waals surface area contributed by atoms with Crippen LogP contribution in [0.1, 0.15) is 38.2 Å². The molecule has 2 unspecified atom stereocenters. The molecule has 20 heavy (non-hydrogen) atoms. The molecular formula is C18H24N2. The average Bonchev–Trinajstić information content (AvgIpc) is 2.42. The van der Waals surface area contributed by atoms with Gasteiger partial charge in [-0.15, -0.1) is 0 Å². The number of nitrogens with one attached hydrogen (secondary N) is 1. The topological polar surface area (TPSA) is 24.9 Å². The first-order valence-electron chi connectivity index (χ1n) is 7.80. The van der Waals surface area contributed by atoms with Crippen LogP contribution in [-0.2, 0) is 0 Å². The van der Waals surface area contributed by atoms with Crippen molar-refractivity contribution in [2.45, 2.75) is 32.6 Å². The quantitative estimate of drug-likeness (QED) is 0.887. The van der Waals surface area contributed by atoms with E-state index in [1.807, 2.05) is 6.20 Å². The highest BCUT2D eigenvalue weighted by Gasteiger charge is 2.32. The third-order valence-electron chi connectivity index (χ3n) is 4.46. The van der Waals surface area contributed by atoms with Gasteiger partial charge in [-0.1, -0.05) is 32.0 Å². The Bertz CT molecular complexity index is 571. The molecule has 2 heteroatoms. The number of hydrogen-bond donors (Lipinski definition) is 1. The van der Waals surface area contributed by atoms with E-state index in [1.54, 1.807) is 0 Å². The van der Waals surface area contributed by atoms with Crippen molar-refractivity contribution in [2.24, 2.45) is 11.8 Å². The van der Waals surface area contributed by atoms with Crippen LogP contribution in [0.4, 0.5) is 0 Å². The Morgan fingerprint density at radius 1 is 1.20 bits per heavy atom. The molecular weight excluding hydrogens is 244 g/mol. The van der Waals surface area contributed by atoms with Gasteiger partial charge in [-0.25, -0.2) is 0 Å². The Balaban J connectivity index is 1.74. The van der Waals surface area contributed by atoms with Crippen molar-refractivity contribution in [3.8, 4) is 0 Å². The minimum atomic E-state index is 0.711. The molecule has 1 aliphatic rings. The molecule has 106 valence electrons. The number of nitrogens with zero attached hydrogens (tertiary/aromatic N) is 1. The van der Waals surface area contributed by atoms with Gasteiger partial charge in [-0.05, 0) is 61.4 Å². The van der Waals surface area contributed by atoms with E-state index in [9.17, 15) is 0 Å². The van der Waals surface area contributed by atoms with Crippen molar-refractivity contribution in [3.63, 3.8) is 0 Å². The summed E-state index contributed by atoms with van der Waals surface area (Å²) >= 11 is 0. The molecule has 1 fully saturated rings.